The van der Waals surface area contributed by atoms with Crippen molar-refractivity contribution in [3.05, 3.63) is 23.7 Å². The first kappa shape index (κ1) is 20.8. The van der Waals surface area contributed by atoms with E-state index in [0.29, 0.717) is 5.41 Å². The van der Waals surface area contributed by atoms with Gasteiger partial charge in [-0.15, -0.1) is 0 Å². The molecule has 1 aromatic heterocycles. The minimum Gasteiger partial charge on any atom is -0.475 e. The summed E-state index contributed by atoms with van der Waals surface area (Å²) in [6.45, 7) is 8.17. The van der Waals surface area contributed by atoms with Crippen LogP contribution in [-0.4, -0.2) is 60.3 Å². The summed E-state index contributed by atoms with van der Waals surface area (Å²) in [4.78, 5) is 14.0. The molecule has 2 aliphatic rings. The van der Waals surface area contributed by atoms with E-state index in [2.05, 4.69) is 35.9 Å². The average molecular weight is 376 g/mol. The molecule has 8 heteroatoms. The van der Waals surface area contributed by atoms with Crippen molar-refractivity contribution in [1.29, 1.82) is 0 Å². The third-order valence-electron chi connectivity index (χ3n) is 5.06. The minimum absolute atomic E-state index is 0.563. The van der Waals surface area contributed by atoms with Gasteiger partial charge >= 0.3 is 12.1 Å². The second-order valence-electron chi connectivity index (χ2n) is 7.33. The lowest BCUT2D eigenvalue weighted by molar-refractivity contribution is -0.192. The molecule has 3 heterocycles. The van der Waals surface area contributed by atoms with Crippen LogP contribution in [0.2, 0.25) is 0 Å². The van der Waals surface area contributed by atoms with Gasteiger partial charge in [-0.2, -0.15) is 13.2 Å². The molecule has 1 N–H and O–H groups in total. The molecule has 0 amide bonds. The first-order chi connectivity index (χ1) is 12.1. The Balaban J connectivity index is 0.000000298. The predicted molar refractivity (Wildman–Crippen MR) is 90.8 cm³/mol. The second kappa shape index (κ2) is 8.43. The van der Waals surface area contributed by atoms with Crippen molar-refractivity contribution < 1.29 is 27.5 Å². The molecule has 0 aliphatic carbocycles. The summed E-state index contributed by atoms with van der Waals surface area (Å²) in [5.74, 6) is -0.508. The van der Waals surface area contributed by atoms with E-state index in [4.69, 9.17) is 14.3 Å². The molecule has 0 aromatic carbocycles. The highest BCUT2D eigenvalue weighted by molar-refractivity contribution is 5.73. The number of hydrogen-bond donors (Lipinski definition) is 1. The molecule has 1 aromatic rings. The number of piperidine rings is 1. The van der Waals surface area contributed by atoms with Gasteiger partial charge in [0.15, 0.2) is 0 Å². The zero-order chi connectivity index (χ0) is 19.4. The van der Waals surface area contributed by atoms with Crippen LogP contribution in [0.1, 0.15) is 37.7 Å². The number of carbonyl (C=O) groups is 1. The Labute approximate surface area is 151 Å². The van der Waals surface area contributed by atoms with Crippen molar-refractivity contribution in [3.63, 3.8) is 0 Å². The maximum absolute atomic E-state index is 10.6. The fourth-order valence-corrected chi connectivity index (χ4v) is 3.87. The summed E-state index contributed by atoms with van der Waals surface area (Å²) in [7, 11) is 2.27. The molecule has 0 saturated carbocycles. The van der Waals surface area contributed by atoms with Crippen LogP contribution in [0.5, 0.6) is 0 Å². The monoisotopic (exact) mass is 376 g/mol. The minimum atomic E-state index is -5.08. The molecular weight excluding hydrogens is 349 g/mol. The lowest BCUT2D eigenvalue weighted by Crippen LogP contribution is -2.42. The summed E-state index contributed by atoms with van der Waals surface area (Å²) in [6, 6.07) is 4.27. The molecule has 148 valence electrons. The Bertz CT molecular complexity index is 603. The van der Waals surface area contributed by atoms with Crippen molar-refractivity contribution in [2.45, 2.75) is 45.3 Å². The highest BCUT2D eigenvalue weighted by Crippen LogP contribution is 2.39. The van der Waals surface area contributed by atoms with Gasteiger partial charge in [0, 0.05) is 19.5 Å². The van der Waals surface area contributed by atoms with Gasteiger partial charge in [-0.05, 0) is 56.9 Å². The van der Waals surface area contributed by atoms with Gasteiger partial charge in [-0.1, -0.05) is 6.92 Å². The standard InChI is InChI=1S/C16H26N2O.C2HF3O2/c1-3-14-5-6-15(19-14)11-18-10-8-16(13-18)7-4-9-17(2)12-16;3-2(4,5)1(6)7/h5-6H,3-4,7-13H2,1-2H3;(H,6,7). The number of alkyl halides is 3. The Morgan fingerprint density at radius 2 is 1.88 bits per heavy atom. The van der Waals surface area contributed by atoms with Gasteiger partial charge in [-0.3, -0.25) is 4.90 Å². The summed E-state index contributed by atoms with van der Waals surface area (Å²) in [6.07, 6.45) is 0.0463. The number of carboxylic acids is 1. The van der Waals surface area contributed by atoms with Gasteiger partial charge < -0.3 is 14.4 Å². The average Bonchev–Trinajstić information content (AvgIpc) is 3.14. The third-order valence-corrected chi connectivity index (χ3v) is 5.06. The van der Waals surface area contributed by atoms with Gasteiger partial charge in [-0.25, -0.2) is 4.79 Å². The molecule has 0 radical (unpaired) electrons. The number of likely N-dealkylation sites (tertiary alicyclic amines) is 2. The van der Waals surface area contributed by atoms with E-state index < -0.39 is 12.1 Å². The molecule has 26 heavy (non-hydrogen) atoms. The predicted octanol–water partition coefficient (Wildman–Crippen LogP) is 3.39. The van der Waals surface area contributed by atoms with E-state index >= 15 is 0 Å². The van der Waals surface area contributed by atoms with Crippen molar-refractivity contribution >= 4 is 5.97 Å². The summed E-state index contributed by atoms with van der Waals surface area (Å²) >= 11 is 0. The lowest BCUT2D eigenvalue weighted by Gasteiger charge is -2.38. The first-order valence-corrected chi connectivity index (χ1v) is 8.92. The van der Waals surface area contributed by atoms with Gasteiger partial charge in [0.25, 0.3) is 0 Å². The number of furan rings is 1. The van der Waals surface area contributed by atoms with E-state index in [9.17, 15) is 13.2 Å². The Morgan fingerprint density at radius 1 is 1.23 bits per heavy atom. The maximum atomic E-state index is 10.6. The highest BCUT2D eigenvalue weighted by atomic mass is 19.4. The summed E-state index contributed by atoms with van der Waals surface area (Å²) < 4.78 is 37.6. The lowest BCUT2D eigenvalue weighted by atomic mass is 9.79. The third kappa shape index (κ3) is 5.74. The Hall–Kier alpha value is -1.54. The van der Waals surface area contributed by atoms with E-state index in [1.165, 1.54) is 45.4 Å². The van der Waals surface area contributed by atoms with Crippen LogP contribution in [0.3, 0.4) is 0 Å². The van der Waals surface area contributed by atoms with Gasteiger partial charge in [0.05, 0.1) is 6.54 Å². The molecular formula is C18H27F3N2O3. The zero-order valence-corrected chi connectivity index (χ0v) is 15.3. The molecule has 3 rings (SSSR count). The number of hydrogen-bond acceptors (Lipinski definition) is 4. The number of rotatable bonds is 3. The Kier molecular flexibility index (Phi) is 6.74. The van der Waals surface area contributed by atoms with Crippen LogP contribution in [0.25, 0.3) is 0 Å². The number of aliphatic carboxylic acids is 1. The normalized spacial score (nSPS) is 24.5. The van der Waals surface area contributed by atoms with Crippen molar-refractivity contribution in [1.82, 2.24) is 9.80 Å². The number of carboxylic acid groups (broad SMARTS) is 1. The molecule has 2 aliphatic heterocycles. The van der Waals surface area contributed by atoms with Crippen molar-refractivity contribution in [2.75, 3.05) is 33.2 Å². The fraction of sp³-hybridized carbons (Fsp3) is 0.722. The smallest absolute Gasteiger partial charge is 0.475 e. The zero-order valence-electron chi connectivity index (χ0n) is 15.3. The van der Waals surface area contributed by atoms with Gasteiger partial charge in [0.1, 0.15) is 11.5 Å². The van der Waals surface area contributed by atoms with E-state index in [0.717, 1.165) is 24.5 Å². The quantitative estimate of drug-likeness (QED) is 0.876. The van der Waals surface area contributed by atoms with Crippen LogP contribution in [0.4, 0.5) is 13.2 Å². The molecule has 2 saturated heterocycles. The highest BCUT2D eigenvalue weighted by Gasteiger charge is 2.40. The first-order valence-electron chi connectivity index (χ1n) is 8.92. The largest absolute Gasteiger partial charge is 0.490 e. The summed E-state index contributed by atoms with van der Waals surface area (Å²) in [5, 5.41) is 7.12. The summed E-state index contributed by atoms with van der Waals surface area (Å²) in [5.41, 5.74) is 0.563. The number of aryl methyl sites for hydroxylation is 1. The maximum Gasteiger partial charge on any atom is 0.490 e. The number of nitrogens with zero attached hydrogens (tertiary/aromatic N) is 2. The van der Waals surface area contributed by atoms with Crippen LogP contribution in [0, 0.1) is 5.41 Å². The molecule has 1 spiro atoms. The number of halogens is 3. The van der Waals surface area contributed by atoms with Crippen molar-refractivity contribution in [3.8, 4) is 0 Å². The van der Waals surface area contributed by atoms with Crippen LogP contribution < -0.4 is 0 Å². The van der Waals surface area contributed by atoms with Crippen LogP contribution in [-0.2, 0) is 17.8 Å². The fourth-order valence-electron chi connectivity index (χ4n) is 3.87. The van der Waals surface area contributed by atoms with E-state index in [1.54, 1.807) is 0 Å². The molecule has 1 unspecified atom stereocenters. The van der Waals surface area contributed by atoms with Crippen molar-refractivity contribution in [2.24, 2.45) is 5.41 Å². The molecule has 5 nitrogen and oxygen atoms in total. The van der Waals surface area contributed by atoms with Crippen LogP contribution >= 0.6 is 0 Å². The van der Waals surface area contributed by atoms with Crippen LogP contribution in [0.15, 0.2) is 16.5 Å². The second-order valence-corrected chi connectivity index (χ2v) is 7.33. The Morgan fingerprint density at radius 3 is 2.42 bits per heavy atom. The molecule has 2 fully saturated rings. The molecule has 0 bridgehead atoms. The topological polar surface area (TPSA) is 56.9 Å². The SMILES string of the molecule is CCc1ccc(CN2CCC3(CCCN(C)C3)C2)o1.O=C(O)C(F)(F)F. The molecule has 1 atom stereocenters. The van der Waals surface area contributed by atoms with E-state index in [-0.39, 0.29) is 0 Å². The van der Waals surface area contributed by atoms with Gasteiger partial charge in [0.2, 0.25) is 0 Å². The van der Waals surface area contributed by atoms with E-state index in [1.807, 2.05) is 0 Å².